The first-order valence-electron chi connectivity index (χ1n) is 6.63. The van der Waals surface area contributed by atoms with Gasteiger partial charge in [-0.25, -0.2) is 4.39 Å². The summed E-state index contributed by atoms with van der Waals surface area (Å²) in [6.07, 6.45) is 0.647. The van der Waals surface area contributed by atoms with Crippen LogP contribution in [-0.2, 0) is 6.42 Å². The van der Waals surface area contributed by atoms with Gasteiger partial charge in [-0.15, -0.1) is 0 Å². The van der Waals surface area contributed by atoms with Crippen molar-refractivity contribution >= 4 is 34.8 Å². The topological polar surface area (TPSA) is 12.0 Å². The first-order valence-corrected chi connectivity index (χ1v) is 7.77. The standard InChI is InChI=1S/C16H15Cl3FN/c1-2-21-16(12-9-11(17)4-5-13(12)18)8-10-3-6-15(20)14(19)7-10/h3-7,9,16,21H,2,8H2,1H3. The number of hydrogen-bond donors (Lipinski definition) is 1. The number of likely N-dealkylation sites (N-methyl/N-ethyl adjacent to an activating group) is 1. The van der Waals surface area contributed by atoms with Crippen molar-refractivity contribution in [1.82, 2.24) is 5.32 Å². The molecule has 0 saturated heterocycles. The van der Waals surface area contributed by atoms with Gasteiger partial charge in [-0.1, -0.05) is 47.8 Å². The molecule has 1 N–H and O–H groups in total. The fraction of sp³-hybridized carbons (Fsp3) is 0.250. The monoisotopic (exact) mass is 345 g/mol. The molecule has 0 amide bonds. The van der Waals surface area contributed by atoms with Gasteiger partial charge in [-0.05, 0) is 54.4 Å². The van der Waals surface area contributed by atoms with Gasteiger partial charge in [0.1, 0.15) is 5.82 Å². The molecule has 21 heavy (non-hydrogen) atoms. The maximum Gasteiger partial charge on any atom is 0.141 e. The molecule has 0 fully saturated rings. The van der Waals surface area contributed by atoms with Crippen molar-refractivity contribution in [3.8, 4) is 0 Å². The van der Waals surface area contributed by atoms with E-state index < -0.39 is 5.82 Å². The summed E-state index contributed by atoms with van der Waals surface area (Å²) in [7, 11) is 0. The average molecular weight is 347 g/mol. The van der Waals surface area contributed by atoms with Crippen molar-refractivity contribution in [2.24, 2.45) is 0 Å². The highest BCUT2D eigenvalue weighted by Gasteiger charge is 2.16. The van der Waals surface area contributed by atoms with Gasteiger partial charge < -0.3 is 5.32 Å². The maximum atomic E-state index is 13.2. The van der Waals surface area contributed by atoms with Crippen LogP contribution in [0, 0.1) is 5.82 Å². The molecule has 0 heterocycles. The Balaban J connectivity index is 2.30. The second kappa shape index (κ2) is 7.46. The van der Waals surface area contributed by atoms with Crippen LogP contribution in [-0.4, -0.2) is 6.54 Å². The minimum atomic E-state index is -0.416. The molecule has 0 aliphatic rings. The van der Waals surface area contributed by atoms with Crippen LogP contribution in [0.5, 0.6) is 0 Å². The Morgan fingerprint density at radius 3 is 2.48 bits per heavy atom. The Morgan fingerprint density at radius 2 is 1.81 bits per heavy atom. The molecule has 1 atom stereocenters. The largest absolute Gasteiger partial charge is 0.310 e. The van der Waals surface area contributed by atoms with Gasteiger partial charge in [0.15, 0.2) is 0 Å². The lowest BCUT2D eigenvalue weighted by Gasteiger charge is -2.20. The number of hydrogen-bond acceptors (Lipinski definition) is 1. The lowest BCUT2D eigenvalue weighted by atomic mass is 9.98. The van der Waals surface area contributed by atoms with E-state index in [-0.39, 0.29) is 11.1 Å². The predicted molar refractivity (Wildman–Crippen MR) is 88.0 cm³/mol. The van der Waals surface area contributed by atoms with Crippen LogP contribution in [0.15, 0.2) is 36.4 Å². The second-order valence-electron chi connectivity index (χ2n) is 4.73. The molecular weight excluding hydrogens is 332 g/mol. The molecule has 0 saturated carbocycles. The molecule has 0 radical (unpaired) electrons. The highest BCUT2D eigenvalue weighted by atomic mass is 35.5. The number of nitrogens with one attached hydrogen (secondary N) is 1. The molecule has 5 heteroatoms. The minimum absolute atomic E-state index is 0.0114. The summed E-state index contributed by atoms with van der Waals surface area (Å²) in [4.78, 5) is 0. The lowest BCUT2D eigenvalue weighted by molar-refractivity contribution is 0.549. The zero-order chi connectivity index (χ0) is 15.4. The van der Waals surface area contributed by atoms with Gasteiger partial charge in [0.25, 0.3) is 0 Å². The molecule has 2 aromatic rings. The van der Waals surface area contributed by atoms with Crippen molar-refractivity contribution in [2.45, 2.75) is 19.4 Å². The molecule has 0 aliphatic heterocycles. The van der Waals surface area contributed by atoms with Gasteiger partial charge in [0, 0.05) is 16.1 Å². The van der Waals surface area contributed by atoms with Gasteiger partial charge >= 0.3 is 0 Å². The zero-order valence-electron chi connectivity index (χ0n) is 11.5. The zero-order valence-corrected chi connectivity index (χ0v) is 13.7. The predicted octanol–water partition coefficient (Wildman–Crippen LogP) is 5.68. The van der Waals surface area contributed by atoms with Crippen molar-refractivity contribution in [2.75, 3.05) is 6.54 Å². The fourth-order valence-electron chi connectivity index (χ4n) is 2.22. The van der Waals surface area contributed by atoms with Crippen LogP contribution < -0.4 is 5.32 Å². The third kappa shape index (κ3) is 4.33. The van der Waals surface area contributed by atoms with Crippen molar-refractivity contribution in [3.05, 3.63) is 68.4 Å². The molecule has 0 spiro atoms. The minimum Gasteiger partial charge on any atom is -0.310 e. The third-order valence-electron chi connectivity index (χ3n) is 3.21. The van der Waals surface area contributed by atoms with E-state index in [1.807, 2.05) is 13.0 Å². The van der Waals surface area contributed by atoms with E-state index in [0.717, 1.165) is 17.7 Å². The van der Waals surface area contributed by atoms with E-state index in [9.17, 15) is 4.39 Å². The van der Waals surface area contributed by atoms with E-state index >= 15 is 0 Å². The van der Waals surface area contributed by atoms with E-state index in [4.69, 9.17) is 34.8 Å². The van der Waals surface area contributed by atoms with Gasteiger partial charge in [-0.3, -0.25) is 0 Å². The highest BCUT2D eigenvalue weighted by Crippen LogP contribution is 2.29. The summed E-state index contributed by atoms with van der Waals surface area (Å²) >= 11 is 18.2. The van der Waals surface area contributed by atoms with E-state index in [0.29, 0.717) is 16.5 Å². The van der Waals surface area contributed by atoms with E-state index in [2.05, 4.69) is 5.32 Å². The molecule has 0 bridgehead atoms. The SMILES string of the molecule is CCNC(Cc1ccc(F)c(Cl)c1)c1cc(Cl)ccc1Cl. The average Bonchev–Trinajstić information content (AvgIpc) is 2.45. The van der Waals surface area contributed by atoms with Crippen LogP contribution in [0.25, 0.3) is 0 Å². The first kappa shape index (κ1) is 16.6. The molecular formula is C16H15Cl3FN. The summed E-state index contributed by atoms with van der Waals surface area (Å²) < 4.78 is 13.2. The van der Waals surface area contributed by atoms with Crippen molar-refractivity contribution in [3.63, 3.8) is 0 Å². The summed E-state index contributed by atoms with van der Waals surface area (Å²) in [5.41, 5.74) is 1.86. The maximum absolute atomic E-state index is 13.2. The van der Waals surface area contributed by atoms with Gasteiger partial charge in [0.05, 0.1) is 5.02 Å². The number of benzene rings is 2. The van der Waals surface area contributed by atoms with Crippen molar-refractivity contribution in [1.29, 1.82) is 0 Å². The Hall–Kier alpha value is -0.800. The molecule has 0 aliphatic carbocycles. The highest BCUT2D eigenvalue weighted by molar-refractivity contribution is 6.33. The molecule has 112 valence electrons. The summed E-state index contributed by atoms with van der Waals surface area (Å²) in [6, 6.07) is 10.1. The molecule has 1 unspecified atom stereocenters. The Bertz CT molecular complexity index is 631. The normalized spacial score (nSPS) is 12.4. The second-order valence-corrected chi connectivity index (χ2v) is 5.98. The van der Waals surface area contributed by atoms with Gasteiger partial charge in [-0.2, -0.15) is 0 Å². The first-order chi connectivity index (χ1) is 10.0. The summed E-state index contributed by atoms with van der Waals surface area (Å²) in [5, 5.41) is 4.78. The number of rotatable bonds is 5. The van der Waals surface area contributed by atoms with Crippen LogP contribution in [0.3, 0.4) is 0 Å². The van der Waals surface area contributed by atoms with Crippen molar-refractivity contribution < 1.29 is 4.39 Å². The quantitative estimate of drug-likeness (QED) is 0.734. The van der Waals surface area contributed by atoms with Crippen LogP contribution in [0.4, 0.5) is 4.39 Å². The van der Waals surface area contributed by atoms with Crippen LogP contribution in [0.2, 0.25) is 15.1 Å². The Labute approximate surface area is 139 Å². The number of halogens is 4. The Morgan fingerprint density at radius 1 is 1.05 bits per heavy atom. The van der Waals surface area contributed by atoms with Crippen LogP contribution >= 0.6 is 34.8 Å². The van der Waals surface area contributed by atoms with E-state index in [1.54, 1.807) is 24.3 Å². The third-order valence-corrected chi connectivity index (χ3v) is 4.08. The summed E-state index contributed by atoms with van der Waals surface area (Å²) in [5.74, 6) is -0.416. The molecule has 2 aromatic carbocycles. The fourth-order valence-corrected chi connectivity index (χ4v) is 2.86. The smallest absolute Gasteiger partial charge is 0.141 e. The molecule has 0 aromatic heterocycles. The lowest BCUT2D eigenvalue weighted by Crippen LogP contribution is -2.23. The molecule has 1 nitrogen and oxygen atoms in total. The summed E-state index contributed by atoms with van der Waals surface area (Å²) in [6.45, 7) is 2.80. The Kier molecular flexibility index (Phi) is 5.88. The molecule has 2 rings (SSSR count). The van der Waals surface area contributed by atoms with Crippen LogP contribution in [0.1, 0.15) is 24.1 Å². The van der Waals surface area contributed by atoms with Gasteiger partial charge in [0.2, 0.25) is 0 Å². The van der Waals surface area contributed by atoms with E-state index in [1.165, 1.54) is 6.07 Å².